The van der Waals surface area contributed by atoms with E-state index >= 15 is 0 Å². The first-order valence-corrected chi connectivity index (χ1v) is 13.2. The van der Waals surface area contributed by atoms with E-state index in [-0.39, 0.29) is 78.1 Å². The van der Waals surface area contributed by atoms with Crippen molar-refractivity contribution in [3.05, 3.63) is 65.4 Å². The minimum absolute atomic E-state index is 0. The normalized spacial score (nSPS) is 10.8. The van der Waals surface area contributed by atoms with Gasteiger partial charge in [0.2, 0.25) is 22.6 Å². The van der Waals surface area contributed by atoms with Gasteiger partial charge in [-0.1, -0.05) is 11.3 Å². The molecule has 0 aliphatic carbocycles. The first-order chi connectivity index (χ1) is 19.9. The number of imidazole rings is 1. The molecule has 4 rings (SSSR count). The van der Waals surface area contributed by atoms with Gasteiger partial charge in [0.1, 0.15) is 22.9 Å². The predicted octanol–water partition coefficient (Wildman–Crippen LogP) is 7.33. The molecule has 0 atom stereocenters. The zero-order valence-electron chi connectivity index (χ0n) is 21.9. The summed E-state index contributed by atoms with van der Waals surface area (Å²) in [5, 5.41) is 75.4. The van der Waals surface area contributed by atoms with Crippen LogP contribution >= 0.6 is 35.8 Å². The van der Waals surface area contributed by atoms with Gasteiger partial charge in [0.05, 0.1) is 9.85 Å². The Morgan fingerprint density at radius 1 is 0.814 bits per heavy atom. The van der Waals surface area contributed by atoms with Crippen LogP contribution < -0.4 is 0 Å². The Morgan fingerprint density at radius 3 is 1.72 bits per heavy atom. The van der Waals surface area contributed by atoms with E-state index in [4.69, 9.17) is 24.4 Å². The van der Waals surface area contributed by atoms with Crippen molar-refractivity contribution in [1.82, 2.24) is 14.1 Å². The molecule has 230 valence electrons. The second-order valence-electron chi connectivity index (χ2n) is 7.85. The number of aromatic amines is 1. The Morgan fingerprint density at radius 2 is 1.30 bits per heavy atom. The monoisotopic (exact) mass is 693 g/mol. The number of thiazole rings is 1. The van der Waals surface area contributed by atoms with Crippen molar-refractivity contribution in [2.45, 2.75) is 26.9 Å². The molecule has 0 aliphatic rings. The maximum atomic E-state index is 10.7. The zero-order chi connectivity index (χ0) is 31.1. The molecule has 0 spiro atoms. The van der Waals surface area contributed by atoms with Crippen LogP contribution in [0.15, 0.2) is 56.9 Å². The third-order valence-electron chi connectivity index (χ3n) is 5.27. The number of nitrogens with zero attached hydrogens (tertiary/aromatic N) is 8. The molecular weight excluding hydrogens is 673 g/mol. The quantitative estimate of drug-likeness (QED) is 0.0404. The minimum Gasteiger partial charge on any atom is -0.506 e. The molecule has 43 heavy (non-hydrogen) atoms. The number of non-ortho nitro benzene ring substituents is 2. The van der Waals surface area contributed by atoms with E-state index in [0.717, 1.165) is 47.7 Å². The summed E-state index contributed by atoms with van der Waals surface area (Å²) < 4.78 is 3.58. The van der Waals surface area contributed by atoms with E-state index in [1.54, 1.807) is 6.92 Å². The Kier molecular flexibility index (Phi) is 12.1. The molecule has 21 heteroatoms. The number of nitro benzene ring substituents is 2. The van der Waals surface area contributed by atoms with Gasteiger partial charge in [-0.2, -0.15) is 0 Å². The number of hydrogen-bond donors (Lipinski definition) is 5. The molecule has 5 N–H and O–H groups in total. The fraction of sp³-hybridized carbons (Fsp3) is 0.182. The van der Waals surface area contributed by atoms with E-state index in [1.165, 1.54) is 9.13 Å². The number of benzene rings is 2. The van der Waals surface area contributed by atoms with E-state index < -0.39 is 9.85 Å². The standard InChI is InChI=1S/C11H11N5O4S.C11H10N4O4S2.Ni/c1-2-15-10(18)9(12-11(15)21)14-13-7-5-6(16(19)20)3-4-8(7)17;1-2-14-10(17)9(21-11(14)20)13-12-7-5-6(15(18)19)3-4-8(7)16;/h3-5,17-18H,2H2,1H3,(H,12,21);3-5,16-17H,2H2,1H3;. The molecule has 2 heterocycles. The van der Waals surface area contributed by atoms with Gasteiger partial charge in [0, 0.05) is 53.8 Å². The van der Waals surface area contributed by atoms with Crippen LogP contribution in [0.3, 0.4) is 0 Å². The number of azo groups is 2. The molecular formula is C22H21N9NiO8S3. The van der Waals surface area contributed by atoms with Crippen LogP contribution in [0, 0.1) is 29.0 Å². The topological polar surface area (TPSA) is 242 Å². The van der Waals surface area contributed by atoms with Crippen LogP contribution in [-0.2, 0) is 29.6 Å². The smallest absolute Gasteiger partial charge is 0.271 e. The molecule has 4 aromatic rings. The molecule has 17 nitrogen and oxygen atoms in total. The maximum Gasteiger partial charge on any atom is 0.271 e. The number of aromatic nitrogens is 3. The van der Waals surface area contributed by atoms with E-state index in [0.29, 0.717) is 17.0 Å². The number of phenols is 2. The molecule has 0 bridgehead atoms. The van der Waals surface area contributed by atoms with Crippen LogP contribution in [0.1, 0.15) is 13.8 Å². The predicted molar refractivity (Wildman–Crippen MR) is 155 cm³/mol. The molecule has 0 saturated heterocycles. The van der Waals surface area contributed by atoms with Gasteiger partial charge in [0.15, 0.2) is 8.73 Å². The maximum absolute atomic E-state index is 10.7. The van der Waals surface area contributed by atoms with Crippen molar-refractivity contribution in [1.29, 1.82) is 0 Å². The van der Waals surface area contributed by atoms with Gasteiger partial charge in [-0.05, 0) is 50.4 Å². The van der Waals surface area contributed by atoms with Crippen LogP contribution in [0.25, 0.3) is 0 Å². The van der Waals surface area contributed by atoms with Crippen molar-refractivity contribution >= 4 is 69.3 Å². The average molecular weight is 694 g/mol. The summed E-state index contributed by atoms with van der Waals surface area (Å²) in [6.07, 6.45) is 0. The number of rotatable bonds is 8. The summed E-state index contributed by atoms with van der Waals surface area (Å²) >= 11 is 11.1. The third-order valence-corrected chi connectivity index (χ3v) is 6.91. The van der Waals surface area contributed by atoms with Gasteiger partial charge in [0.25, 0.3) is 11.4 Å². The average Bonchev–Trinajstić information content (AvgIpc) is 3.39. The van der Waals surface area contributed by atoms with Crippen molar-refractivity contribution < 1.29 is 46.8 Å². The Labute approximate surface area is 265 Å². The van der Waals surface area contributed by atoms with Gasteiger partial charge in [-0.3, -0.25) is 29.4 Å². The first kappa shape index (κ1) is 34.6. The van der Waals surface area contributed by atoms with E-state index in [2.05, 4.69) is 25.4 Å². The summed E-state index contributed by atoms with van der Waals surface area (Å²) in [5.41, 5.74) is -0.604. The Balaban J connectivity index is 0.000000293. The largest absolute Gasteiger partial charge is 0.506 e. The van der Waals surface area contributed by atoms with Gasteiger partial charge in [-0.25, -0.2) is 0 Å². The molecule has 2 aromatic carbocycles. The molecule has 0 aliphatic heterocycles. The second kappa shape index (κ2) is 15.0. The summed E-state index contributed by atoms with van der Waals surface area (Å²) in [6, 6.07) is 6.76. The van der Waals surface area contributed by atoms with Crippen LogP contribution in [0.5, 0.6) is 23.3 Å². The molecule has 0 saturated carbocycles. The molecule has 0 fully saturated rings. The van der Waals surface area contributed by atoms with Crippen molar-refractivity contribution in [3.8, 4) is 23.3 Å². The molecule has 0 amide bonds. The van der Waals surface area contributed by atoms with Crippen molar-refractivity contribution in [2.75, 3.05) is 0 Å². The molecule has 2 aromatic heterocycles. The Hall–Kier alpha value is -4.59. The van der Waals surface area contributed by atoms with Crippen LogP contribution in [0.4, 0.5) is 33.6 Å². The molecule has 0 unspecified atom stereocenters. The summed E-state index contributed by atoms with van der Waals surface area (Å²) in [7, 11) is 0. The fourth-order valence-electron chi connectivity index (χ4n) is 3.16. The van der Waals surface area contributed by atoms with Crippen molar-refractivity contribution in [2.24, 2.45) is 20.5 Å². The number of phenolic OH excluding ortho intramolecular Hbond substituents is 2. The second-order valence-corrected chi connectivity index (χ2v) is 9.86. The van der Waals surface area contributed by atoms with Crippen LogP contribution in [0.2, 0.25) is 0 Å². The van der Waals surface area contributed by atoms with Gasteiger partial charge in [-0.15, -0.1) is 20.5 Å². The minimum atomic E-state index is -0.614. The summed E-state index contributed by atoms with van der Waals surface area (Å²) in [5.74, 6) is -0.829. The summed E-state index contributed by atoms with van der Waals surface area (Å²) in [4.78, 5) is 22.8. The SMILES string of the molecule is CCn1c(O)c(N=Nc2cc([N+](=O)[O-])ccc2O)[nH]c1=S.CCn1c(O)c(N=Nc2cc([N+](=O)[O-])ccc2O)sc1=S.[Ni]. The zero-order valence-corrected chi connectivity index (χ0v) is 25.4. The van der Waals surface area contributed by atoms with Crippen molar-refractivity contribution in [3.63, 3.8) is 0 Å². The third kappa shape index (κ3) is 8.25. The first-order valence-electron chi connectivity index (χ1n) is 11.6. The fourth-order valence-corrected chi connectivity index (χ4v) is 4.69. The number of nitrogens with one attached hydrogen (secondary N) is 1. The van der Waals surface area contributed by atoms with E-state index in [1.807, 2.05) is 6.92 Å². The summed E-state index contributed by atoms with van der Waals surface area (Å²) in [6.45, 7) is 4.53. The number of aromatic hydroxyl groups is 4. The van der Waals surface area contributed by atoms with Gasteiger partial charge < -0.3 is 25.4 Å². The number of nitro groups is 2. The van der Waals surface area contributed by atoms with Crippen LogP contribution in [-0.4, -0.2) is 44.4 Å². The van der Waals surface area contributed by atoms with Gasteiger partial charge >= 0.3 is 0 Å². The van der Waals surface area contributed by atoms with E-state index in [9.17, 15) is 40.7 Å². The number of hydrogen-bond acceptors (Lipinski definition) is 15. The molecule has 0 radical (unpaired) electrons. The number of H-pyrrole nitrogens is 1. The Bertz CT molecular complexity index is 1700.